The number of pyridine rings is 1. The highest BCUT2D eigenvalue weighted by Gasteiger charge is 1.96. The van der Waals surface area contributed by atoms with Gasteiger partial charge in [-0.05, 0) is 24.0 Å². The largest absolute Gasteiger partial charge is 0.289 e. The summed E-state index contributed by atoms with van der Waals surface area (Å²) in [6.07, 6.45) is 1.99. The van der Waals surface area contributed by atoms with Crippen LogP contribution in [-0.2, 0) is 4.79 Å². The van der Waals surface area contributed by atoms with E-state index >= 15 is 0 Å². The van der Waals surface area contributed by atoms with Crippen LogP contribution < -0.4 is 0 Å². The van der Waals surface area contributed by atoms with E-state index in [4.69, 9.17) is 5.26 Å². The second-order valence-corrected chi connectivity index (χ2v) is 1.90. The molecule has 1 aromatic heterocycles. The second-order valence-electron chi connectivity index (χ2n) is 1.90. The van der Waals surface area contributed by atoms with Crippen molar-refractivity contribution in [1.29, 1.82) is 5.26 Å². The summed E-state index contributed by atoms with van der Waals surface area (Å²) in [6, 6.07) is 5.17. The van der Waals surface area contributed by atoms with Crippen LogP contribution in [0.25, 0.3) is 0 Å². The molecule has 0 radical (unpaired) electrons. The van der Waals surface area contributed by atoms with Gasteiger partial charge in [-0.15, -0.1) is 0 Å². The van der Waals surface area contributed by atoms with Crippen molar-refractivity contribution in [3.63, 3.8) is 0 Å². The molecule has 0 unspecified atom stereocenters. The van der Waals surface area contributed by atoms with Gasteiger partial charge in [-0.3, -0.25) is 4.79 Å². The Morgan fingerprint density at radius 2 is 2.42 bits per heavy atom. The Labute approximate surface area is 69.7 Å². The van der Waals surface area contributed by atoms with Crippen molar-refractivity contribution >= 4 is 6.29 Å². The Balaban J connectivity index is 3.16. The van der Waals surface area contributed by atoms with E-state index in [1.807, 2.05) is 6.07 Å². The number of rotatable bonds is 0. The molecule has 0 aromatic carbocycles. The van der Waals surface area contributed by atoms with Gasteiger partial charge in [0.25, 0.3) is 0 Å². The smallest absolute Gasteiger partial charge is 0.193 e. The number of carbonyl (C=O) groups excluding carboxylic acids is 1. The minimum Gasteiger partial charge on any atom is -0.289 e. The lowest BCUT2D eigenvalue weighted by molar-refractivity contribution is -0.103. The summed E-state index contributed by atoms with van der Waals surface area (Å²) in [7, 11) is 0. The zero-order valence-corrected chi connectivity index (χ0v) is 6.11. The summed E-state index contributed by atoms with van der Waals surface area (Å²) < 4.78 is 0. The molecule has 0 aliphatic carbocycles. The molecule has 3 heteroatoms. The van der Waals surface area contributed by atoms with E-state index in [-0.39, 0.29) is 0 Å². The molecule has 1 aromatic rings. The van der Waals surface area contributed by atoms with Gasteiger partial charge in [0.1, 0.15) is 11.8 Å². The first-order valence-electron chi connectivity index (χ1n) is 3.19. The van der Waals surface area contributed by atoms with Crippen LogP contribution in [0.3, 0.4) is 0 Å². The summed E-state index contributed by atoms with van der Waals surface area (Å²) in [4.78, 5) is 13.7. The standard InChI is InChI=1S/C9H4N2O/c10-7-8-3-1-5-11-9(8)4-2-6-12/h1,3,5-6H. The molecule has 0 saturated heterocycles. The summed E-state index contributed by atoms with van der Waals surface area (Å²) in [5.41, 5.74) is 0.721. The summed E-state index contributed by atoms with van der Waals surface area (Å²) >= 11 is 0. The summed E-state index contributed by atoms with van der Waals surface area (Å²) in [5.74, 6) is 4.66. The van der Waals surface area contributed by atoms with Crippen molar-refractivity contribution in [3.8, 4) is 17.9 Å². The molecule has 56 valence electrons. The van der Waals surface area contributed by atoms with E-state index in [0.29, 0.717) is 17.5 Å². The summed E-state index contributed by atoms with van der Waals surface area (Å²) in [6.45, 7) is 0. The lowest BCUT2D eigenvalue weighted by Gasteiger charge is -1.89. The first-order valence-corrected chi connectivity index (χ1v) is 3.19. The van der Waals surface area contributed by atoms with E-state index in [0.717, 1.165) is 0 Å². The molecule has 1 heterocycles. The number of hydrogen-bond donors (Lipinski definition) is 0. The van der Waals surface area contributed by atoms with Crippen LogP contribution in [0.15, 0.2) is 18.3 Å². The normalized spacial score (nSPS) is 7.58. The van der Waals surface area contributed by atoms with Gasteiger partial charge in [0, 0.05) is 6.20 Å². The fourth-order valence-electron chi connectivity index (χ4n) is 0.693. The molecular formula is C9H4N2O. The minimum absolute atomic E-state index is 0.340. The maximum absolute atomic E-state index is 9.89. The first-order chi connectivity index (χ1) is 5.88. The molecule has 0 saturated carbocycles. The average Bonchev–Trinajstić information content (AvgIpc) is 2.15. The zero-order valence-electron chi connectivity index (χ0n) is 6.11. The van der Waals surface area contributed by atoms with Crippen molar-refractivity contribution < 1.29 is 4.79 Å². The highest BCUT2D eigenvalue weighted by atomic mass is 16.1. The molecule has 0 bridgehead atoms. The lowest BCUT2D eigenvalue weighted by atomic mass is 10.2. The molecular weight excluding hydrogens is 152 g/mol. The Kier molecular flexibility index (Phi) is 2.59. The van der Waals surface area contributed by atoms with Gasteiger partial charge < -0.3 is 0 Å². The van der Waals surface area contributed by atoms with Gasteiger partial charge in [-0.1, -0.05) is 0 Å². The summed E-state index contributed by atoms with van der Waals surface area (Å²) in [5, 5.41) is 8.57. The molecule has 12 heavy (non-hydrogen) atoms. The molecule has 3 nitrogen and oxygen atoms in total. The van der Waals surface area contributed by atoms with Crippen molar-refractivity contribution in [3.05, 3.63) is 29.6 Å². The fourth-order valence-corrected chi connectivity index (χ4v) is 0.693. The molecule has 0 fully saturated rings. The van der Waals surface area contributed by atoms with Crippen molar-refractivity contribution in [2.75, 3.05) is 0 Å². The third kappa shape index (κ3) is 1.68. The highest BCUT2D eigenvalue weighted by Crippen LogP contribution is 2.00. The van der Waals surface area contributed by atoms with E-state index < -0.39 is 0 Å². The second kappa shape index (κ2) is 3.90. The Bertz CT molecular complexity index is 393. The van der Waals surface area contributed by atoms with E-state index in [2.05, 4.69) is 16.8 Å². The Morgan fingerprint density at radius 3 is 3.08 bits per heavy atom. The van der Waals surface area contributed by atoms with Gasteiger partial charge in [0.15, 0.2) is 6.29 Å². The molecule has 0 aliphatic heterocycles. The number of nitrogens with zero attached hydrogens (tertiary/aromatic N) is 2. The topological polar surface area (TPSA) is 53.8 Å². The number of aromatic nitrogens is 1. The van der Waals surface area contributed by atoms with Gasteiger partial charge in [0.2, 0.25) is 0 Å². The van der Waals surface area contributed by atoms with Crippen molar-refractivity contribution in [2.24, 2.45) is 0 Å². The van der Waals surface area contributed by atoms with Gasteiger partial charge in [0.05, 0.1) is 5.56 Å². The van der Waals surface area contributed by atoms with E-state index in [1.165, 1.54) is 6.20 Å². The number of aldehydes is 1. The zero-order chi connectivity index (χ0) is 8.81. The van der Waals surface area contributed by atoms with Gasteiger partial charge >= 0.3 is 0 Å². The maximum Gasteiger partial charge on any atom is 0.193 e. The SMILES string of the molecule is N#Cc1cccnc1C#CC=O. The van der Waals surface area contributed by atoms with Crippen molar-refractivity contribution in [1.82, 2.24) is 4.98 Å². The van der Waals surface area contributed by atoms with Crippen LogP contribution in [0.1, 0.15) is 11.3 Å². The lowest BCUT2D eigenvalue weighted by Crippen LogP contribution is -1.86. The van der Waals surface area contributed by atoms with Crippen LogP contribution in [-0.4, -0.2) is 11.3 Å². The van der Waals surface area contributed by atoms with Crippen LogP contribution >= 0.6 is 0 Å². The van der Waals surface area contributed by atoms with E-state index in [9.17, 15) is 4.79 Å². The molecule has 0 atom stereocenters. The first kappa shape index (κ1) is 7.97. The van der Waals surface area contributed by atoms with Crippen LogP contribution in [0.2, 0.25) is 0 Å². The van der Waals surface area contributed by atoms with Crippen LogP contribution in [0, 0.1) is 23.2 Å². The number of nitriles is 1. The van der Waals surface area contributed by atoms with Gasteiger partial charge in [-0.2, -0.15) is 5.26 Å². The third-order valence-electron chi connectivity index (χ3n) is 1.18. The minimum atomic E-state index is 0.340. The number of hydrogen-bond acceptors (Lipinski definition) is 3. The molecule has 0 amide bonds. The quantitative estimate of drug-likeness (QED) is 0.406. The molecule has 0 N–H and O–H groups in total. The average molecular weight is 156 g/mol. The van der Waals surface area contributed by atoms with Crippen LogP contribution in [0.5, 0.6) is 0 Å². The highest BCUT2D eigenvalue weighted by molar-refractivity contribution is 5.74. The monoisotopic (exact) mass is 156 g/mol. The fraction of sp³-hybridized carbons (Fsp3) is 0. The van der Waals surface area contributed by atoms with Crippen molar-refractivity contribution in [2.45, 2.75) is 0 Å². The van der Waals surface area contributed by atoms with Gasteiger partial charge in [-0.25, -0.2) is 4.98 Å². The predicted octanol–water partition coefficient (Wildman–Crippen LogP) is 0.504. The maximum atomic E-state index is 9.89. The van der Waals surface area contributed by atoms with Crippen LogP contribution in [0.4, 0.5) is 0 Å². The molecule has 1 rings (SSSR count). The van der Waals surface area contributed by atoms with E-state index in [1.54, 1.807) is 12.1 Å². The molecule has 0 spiro atoms. The molecule has 0 aliphatic rings. The predicted molar refractivity (Wildman–Crippen MR) is 41.9 cm³/mol. The number of carbonyl (C=O) groups is 1. The third-order valence-corrected chi connectivity index (χ3v) is 1.18. The Hall–Kier alpha value is -2.13. The Morgan fingerprint density at radius 1 is 1.58 bits per heavy atom.